The molecule has 0 spiro atoms. The van der Waals surface area contributed by atoms with E-state index in [0.29, 0.717) is 5.75 Å². The lowest BCUT2D eigenvalue weighted by Crippen LogP contribution is -2.30. The van der Waals surface area contributed by atoms with Gasteiger partial charge in [0.05, 0.1) is 12.2 Å². The van der Waals surface area contributed by atoms with Crippen LogP contribution >= 0.6 is 0 Å². The van der Waals surface area contributed by atoms with Gasteiger partial charge in [-0.3, -0.25) is 0 Å². The maximum absolute atomic E-state index is 10.1. The molecule has 0 heterocycles. The summed E-state index contributed by atoms with van der Waals surface area (Å²) in [6.45, 7) is 3.74. The molecular formula is C16H24O3. The summed E-state index contributed by atoms with van der Waals surface area (Å²) in [7, 11) is 0. The molecule has 0 aromatic heterocycles. The smallest absolute Gasteiger partial charge is 0.125 e. The Hall–Kier alpha value is -1.06. The Bertz CT molecular complexity index is 414. The molecule has 1 aliphatic rings. The average Bonchev–Trinajstić information content (AvgIpc) is 2.55. The normalized spacial score (nSPS) is 25.7. The van der Waals surface area contributed by atoms with Gasteiger partial charge in [0.15, 0.2) is 0 Å². The van der Waals surface area contributed by atoms with Crippen LogP contribution in [-0.4, -0.2) is 22.4 Å². The SMILES string of the molecule is Cc1ccc(C(C)O)c(OC2CCCCCC2O)c1. The van der Waals surface area contributed by atoms with Crippen molar-refractivity contribution < 1.29 is 14.9 Å². The zero-order chi connectivity index (χ0) is 13.8. The molecule has 1 fully saturated rings. The van der Waals surface area contributed by atoms with E-state index in [4.69, 9.17) is 4.74 Å². The highest BCUT2D eigenvalue weighted by atomic mass is 16.5. The summed E-state index contributed by atoms with van der Waals surface area (Å²) in [4.78, 5) is 0. The third-order valence-electron chi connectivity index (χ3n) is 3.82. The van der Waals surface area contributed by atoms with Crippen LogP contribution in [0.25, 0.3) is 0 Å². The number of aliphatic hydroxyl groups is 2. The molecule has 0 bridgehead atoms. The molecule has 3 atom stereocenters. The Morgan fingerprint density at radius 2 is 1.95 bits per heavy atom. The second-order valence-electron chi connectivity index (χ2n) is 5.58. The Kier molecular flexibility index (Phi) is 4.83. The van der Waals surface area contributed by atoms with Crippen LogP contribution in [0.5, 0.6) is 5.75 Å². The first-order valence-electron chi connectivity index (χ1n) is 7.21. The number of hydrogen-bond donors (Lipinski definition) is 2. The Balaban J connectivity index is 2.18. The third kappa shape index (κ3) is 3.71. The minimum Gasteiger partial charge on any atom is -0.487 e. The van der Waals surface area contributed by atoms with Crippen LogP contribution in [0, 0.1) is 6.92 Å². The minimum atomic E-state index is -0.557. The molecule has 1 saturated carbocycles. The van der Waals surface area contributed by atoms with Crippen LogP contribution < -0.4 is 4.74 Å². The average molecular weight is 264 g/mol. The molecule has 0 aliphatic heterocycles. The van der Waals surface area contributed by atoms with E-state index in [1.807, 2.05) is 25.1 Å². The van der Waals surface area contributed by atoms with Crippen LogP contribution in [0.2, 0.25) is 0 Å². The van der Waals surface area contributed by atoms with Crippen LogP contribution in [0.4, 0.5) is 0 Å². The lowest BCUT2D eigenvalue weighted by molar-refractivity contribution is 0.0299. The predicted molar refractivity (Wildman–Crippen MR) is 75.3 cm³/mol. The van der Waals surface area contributed by atoms with E-state index in [2.05, 4.69) is 0 Å². The van der Waals surface area contributed by atoms with Gasteiger partial charge in [0.2, 0.25) is 0 Å². The van der Waals surface area contributed by atoms with E-state index in [-0.39, 0.29) is 6.10 Å². The highest BCUT2D eigenvalue weighted by Gasteiger charge is 2.24. The van der Waals surface area contributed by atoms with E-state index in [0.717, 1.165) is 43.2 Å². The molecule has 0 radical (unpaired) electrons. The molecule has 0 amide bonds. The first-order valence-corrected chi connectivity index (χ1v) is 7.21. The van der Waals surface area contributed by atoms with Gasteiger partial charge in [-0.05, 0) is 44.7 Å². The summed E-state index contributed by atoms with van der Waals surface area (Å²) in [6, 6.07) is 5.82. The zero-order valence-corrected chi connectivity index (χ0v) is 11.8. The Morgan fingerprint density at radius 3 is 2.68 bits per heavy atom. The van der Waals surface area contributed by atoms with E-state index >= 15 is 0 Å². The monoisotopic (exact) mass is 264 g/mol. The maximum atomic E-state index is 10.1. The van der Waals surface area contributed by atoms with Gasteiger partial charge in [-0.2, -0.15) is 0 Å². The van der Waals surface area contributed by atoms with Crippen molar-refractivity contribution in [1.82, 2.24) is 0 Å². The number of rotatable bonds is 3. The van der Waals surface area contributed by atoms with Crippen LogP contribution in [0.1, 0.15) is 56.3 Å². The number of ether oxygens (including phenoxy) is 1. The minimum absolute atomic E-state index is 0.151. The highest BCUT2D eigenvalue weighted by molar-refractivity contribution is 5.38. The van der Waals surface area contributed by atoms with E-state index < -0.39 is 12.2 Å². The first kappa shape index (κ1) is 14.4. The second-order valence-corrected chi connectivity index (χ2v) is 5.58. The molecule has 2 N–H and O–H groups in total. The number of aliphatic hydroxyl groups excluding tert-OH is 2. The lowest BCUT2D eigenvalue weighted by atomic mass is 10.1. The number of hydrogen-bond acceptors (Lipinski definition) is 3. The third-order valence-corrected chi connectivity index (χ3v) is 3.82. The quantitative estimate of drug-likeness (QED) is 0.825. The van der Waals surface area contributed by atoms with Crippen LogP contribution in [-0.2, 0) is 0 Å². The van der Waals surface area contributed by atoms with E-state index in [1.165, 1.54) is 0 Å². The topological polar surface area (TPSA) is 49.7 Å². The Morgan fingerprint density at radius 1 is 1.21 bits per heavy atom. The number of aryl methyl sites for hydroxylation is 1. The van der Waals surface area contributed by atoms with Gasteiger partial charge in [-0.1, -0.05) is 25.0 Å². The lowest BCUT2D eigenvalue weighted by Gasteiger charge is -2.24. The fraction of sp³-hybridized carbons (Fsp3) is 0.625. The molecule has 19 heavy (non-hydrogen) atoms. The molecule has 3 nitrogen and oxygen atoms in total. The van der Waals surface area contributed by atoms with Gasteiger partial charge in [-0.25, -0.2) is 0 Å². The van der Waals surface area contributed by atoms with Crippen LogP contribution in [0.15, 0.2) is 18.2 Å². The van der Waals surface area contributed by atoms with Gasteiger partial charge in [0.1, 0.15) is 11.9 Å². The summed E-state index contributed by atoms with van der Waals surface area (Å²) in [5.74, 6) is 0.709. The van der Waals surface area contributed by atoms with Gasteiger partial charge in [-0.15, -0.1) is 0 Å². The predicted octanol–water partition coefficient (Wildman–Crippen LogP) is 3.12. The molecule has 2 rings (SSSR count). The molecule has 0 saturated heterocycles. The van der Waals surface area contributed by atoms with E-state index in [1.54, 1.807) is 6.92 Å². The number of benzene rings is 1. The summed E-state index contributed by atoms with van der Waals surface area (Å²) in [5, 5.41) is 19.9. The van der Waals surface area contributed by atoms with Crippen molar-refractivity contribution in [2.24, 2.45) is 0 Å². The van der Waals surface area contributed by atoms with Gasteiger partial charge in [0.25, 0.3) is 0 Å². The summed E-state index contributed by atoms with van der Waals surface area (Å²) >= 11 is 0. The van der Waals surface area contributed by atoms with Gasteiger partial charge >= 0.3 is 0 Å². The summed E-state index contributed by atoms with van der Waals surface area (Å²) in [6.07, 6.45) is 3.91. The summed E-state index contributed by atoms with van der Waals surface area (Å²) < 4.78 is 6.01. The van der Waals surface area contributed by atoms with Crippen molar-refractivity contribution in [2.45, 2.75) is 64.3 Å². The standard InChI is InChI=1S/C16H24O3/c1-11-8-9-13(12(2)17)16(10-11)19-15-7-5-3-4-6-14(15)18/h8-10,12,14-15,17-18H,3-7H2,1-2H3. The summed E-state index contributed by atoms with van der Waals surface area (Å²) in [5.41, 5.74) is 1.89. The van der Waals surface area contributed by atoms with E-state index in [9.17, 15) is 10.2 Å². The molecule has 3 unspecified atom stereocenters. The van der Waals surface area contributed by atoms with Crippen molar-refractivity contribution in [1.29, 1.82) is 0 Å². The largest absolute Gasteiger partial charge is 0.487 e. The van der Waals surface area contributed by atoms with Crippen molar-refractivity contribution >= 4 is 0 Å². The highest BCUT2D eigenvalue weighted by Crippen LogP contribution is 2.30. The van der Waals surface area contributed by atoms with Crippen molar-refractivity contribution in [3.05, 3.63) is 29.3 Å². The van der Waals surface area contributed by atoms with Crippen LogP contribution in [0.3, 0.4) is 0 Å². The molecule has 106 valence electrons. The second kappa shape index (κ2) is 6.40. The maximum Gasteiger partial charge on any atom is 0.125 e. The molecule has 1 aliphatic carbocycles. The molecule has 3 heteroatoms. The van der Waals surface area contributed by atoms with Crippen molar-refractivity contribution in [2.75, 3.05) is 0 Å². The zero-order valence-electron chi connectivity index (χ0n) is 11.8. The molecule has 1 aromatic carbocycles. The first-order chi connectivity index (χ1) is 9.08. The van der Waals surface area contributed by atoms with Crippen molar-refractivity contribution in [3.63, 3.8) is 0 Å². The van der Waals surface area contributed by atoms with Gasteiger partial charge in [0, 0.05) is 5.56 Å². The van der Waals surface area contributed by atoms with Crippen molar-refractivity contribution in [3.8, 4) is 5.75 Å². The Labute approximate surface area is 115 Å². The molecule has 1 aromatic rings. The molecular weight excluding hydrogens is 240 g/mol. The fourth-order valence-corrected chi connectivity index (χ4v) is 2.64. The van der Waals surface area contributed by atoms with Gasteiger partial charge < -0.3 is 14.9 Å². The fourth-order valence-electron chi connectivity index (χ4n) is 2.64.